The highest BCUT2D eigenvalue weighted by molar-refractivity contribution is 5.64. The topological polar surface area (TPSA) is 105 Å². The zero-order valence-electron chi connectivity index (χ0n) is 13.1. The molecule has 0 spiro atoms. The molecular weight excluding hydrogens is 308 g/mol. The third-order valence-electron chi connectivity index (χ3n) is 3.38. The number of morpholine rings is 1. The number of ether oxygens (including phenoxy) is 4. The van der Waals surface area contributed by atoms with E-state index in [0.717, 1.165) is 0 Å². The molecule has 0 N–H and O–H groups in total. The summed E-state index contributed by atoms with van der Waals surface area (Å²) in [7, 11) is 0. The Hall–Kier alpha value is -1.91. The van der Waals surface area contributed by atoms with E-state index in [1.165, 1.54) is 11.0 Å². The van der Waals surface area contributed by atoms with Gasteiger partial charge in [-0.3, -0.25) is 4.52 Å². The first-order valence-corrected chi connectivity index (χ1v) is 7.44. The molecule has 0 unspecified atom stereocenters. The number of aliphatic imine (C=N–C) groups is 1. The summed E-state index contributed by atoms with van der Waals surface area (Å²) in [6, 6.07) is 0. The van der Waals surface area contributed by atoms with E-state index in [1.807, 2.05) is 5.01 Å². The minimum Gasteiger partial charge on any atom is -0.597 e. The van der Waals surface area contributed by atoms with E-state index >= 15 is 0 Å². The van der Waals surface area contributed by atoms with Crippen LogP contribution in [0, 0.1) is 0 Å². The first-order chi connectivity index (χ1) is 11.0. The lowest BCUT2D eigenvalue weighted by molar-refractivity contribution is -0.759. The fourth-order valence-corrected chi connectivity index (χ4v) is 2.30. The zero-order chi connectivity index (χ0) is 16.3. The van der Waals surface area contributed by atoms with Crippen LogP contribution < -0.4 is 14.9 Å². The number of aromatic nitrogens is 2. The molecule has 10 heteroatoms. The van der Waals surface area contributed by atoms with E-state index < -0.39 is 11.9 Å². The third kappa shape index (κ3) is 4.30. The van der Waals surface area contributed by atoms with Gasteiger partial charge in [0.15, 0.2) is 11.9 Å². The van der Waals surface area contributed by atoms with E-state index in [-0.39, 0.29) is 18.6 Å². The second-order valence-corrected chi connectivity index (χ2v) is 5.67. The second kappa shape index (κ2) is 6.69. The molecule has 3 heterocycles. The van der Waals surface area contributed by atoms with Crippen molar-refractivity contribution in [1.82, 2.24) is 5.27 Å². The lowest BCUT2D eigenvalue weighted by atomic mass is 10.4. The summed E-state index contributed by atoms with van der Waals surface area (Å²) < 4.78 is 26.2. The van der Waals surface area contributed by atoms with Crippen LogP contribution in [-0.4, -0.2) is 62.8 Å². The Labute approximate surface area is 133 Å². The Morgan fingerprint density at radius 2 is 2.30 bits per heavy atom. The van der Waals surface area contributed by atoms with Gasteiger partial charge in [-0.15, -0.1) is 5.01 Å². The van der Waals surface area contributed by atoms with Crippen LogP contribution in [0.2, 0.25) is 0 Å². The van der Waals surface area contributed by atoms with Gasteiger partial charge in [0.25, 0.3) is 6.20 Å². The van der Waals surface area contributed by atoms with Gasteiger partial charge in [-0.2, -0.15) is 4.99 Å². The lowest BCUT2D eigenvalue weighted by Crippen LogP contribution is -2.62. The first-order valence-electron chi connectivity index (χ1n) is 7.44. The average molecular weight is 328 g/mol. The quantitative estimate of drug-likeness (QED) is 0.371. The fraction of sp³-hybridized carbons (Fsp3) is 0.769. The van der Waals surface area contributed by atoms with Gasteiger partial charge in [-0.1, -0.05) is 0 Å². The Bertz CT molecular complexity index is 554. The Morgan fingerprint density at radius 3 is 3.00 bits per heavy atom. The van der Waals surface area contributed by atoms with E-state index in [0.29, 0.717) is 32.9 Å². The predicted molar refractivity (Wildman–Crippen MR) is 73.4 cm³/mol. The van der Waals surface area contributed by atoms with Crippen molar-refractivity contribution in [1.29, 1.82) is 0 Å². The van der Waals surface area contributed by atoms with E-state index in [4.69, 9.17) is 23.5 Å². The van der Waals surface area contributed by atoms with Crippen molar-refractivity contribution >= 4 is 12.0 Å². The third-order valence-corrected chi connectivity index (χ3v) is 3.38. The van der Waals surface area contributed by atoms with Gasteiger partial charge in [-0.25, -0.2) is 0 Å². The van der Waals surface area contributed by atoms with Crippen LogP contribution in [0.5, 0.6) is 0 Å². The maximum absolute atomic E-state index is 11.7. The summed E-state index contributed by atoms with van der Waals surface area (Å²) in [5.74, 6) is -0.575. The zero-order valence-corrected chi connectivity index (χ0v) is 13.1. The van der Waals surface area contributed by atoms with Gasteiger partial charge in [0.05, 0.1) is 43.8 Å². The van der Waals surface area contributed by atoms with Gasteiger partial charge in [0.2, 0.25) is 5.27 Å². The molecule has 0 radical (unpaired) electrons. The molecule has 3 rings (SSSR count). The number of rotatable bonds is 4. The maximum atomic E-state index is 11.7. The predicted octanol–water partition coefficient (Wildman–Crippen LogP) is -1.55. The van der Waals surface area contributed by atoms with Gasteiger partial charge < -0.3 is 24.1 Å². The Kier molecular flexibility index (Phi) is 4.64. The van der Waals surface area contributed by atoms with Crippen molar-refractivity contribution < 1.29 is 33.4 Å². The van der Waals surface area contributed by atoms with Crippen molar-refractivity contribution in [3.63, 3.8) is 0 Å². The van der Waals surface area contributed by atoms with E-state index in [9.17, 15) is 5.11 Å². The minimum atomic E-state index is -0.761. The molecule has 2 fully saturated rings. The fourth-order valence-electron chi connectivity index (χ4n) is 2.30. The lowest BCUT2D eigenvalue weighted by Gasteiger charge is -2.20. The monoisotopic (exact) mass is 328 g/mol. The largest absolute Gasteiger partial charge is 0.597 e. The van der Waals surface area contributed by atoms with Crippen LogP contribution in [0.3, 0.4) is 0 Å². The van der Waals surface area contributed by atoms with Crippen LogP contribution >= 0.6 is 0 Å². The van der Waals surface area contributed by atoms with Crippen LogP contribution in [0.15, 0.2) is 15.7 Å². The maximum Gasteiger partial charge on any atom is 0.326 e. The van der Waals surface area contributed by atoms with Crippen LogP contribution in [0.25, 0.3) is 0 Å². The number of hydrogen-bond donors (Lipinski definition) is 0. The molecule has 2 saturated heterocycles. The highest BCUT2D eigenvalue weighted by Gasteiger charge is 2.31. The van der Waals surface area contributed by atoms with Gasteiger partial charge in [0, 0.05) is 6.61 Å². The van der Waals surface area contributed by atoms with Crippen LogP contribution in [0.4, 0.5) is 5.88 Å². The first kappa shape index (κ1) is 16.0. The van der Waals surface area contributed by atoms with E-state index in [1.54, 1.807) is 13.8 Å². The smallest absolute Gasteiger partial charge is 0.326 e. The molecule has 10 nitrogen and oxygen atoms in total. The Morgan fingerprint density at radius 1 is 1.52 bits per heavy atom. The normalized spacial score (nSPS) is 24.9. The summed E-state index contributed by atoms with van der Waals surface area (Å²) in [5, 5.41) is 17.4. The molecule has 128 valence electrons. The van der Waals surface area contributed by atoms with E-state index in [2.05, 4.69) is 10.3 Å². The summed E-state index contributed by atoms with van der Waals surface area (Å²) in [6.07, 6.45) is 0.464. The summed E-state index contributed by atoms with van der Waals surface area (Å²) in [4.78, 5) is 5.21. The van der Waals surface area contributed by atoms with Crippen molar-refractivity contribution in [2.24, 2.45) is 4.99 Å². The average Bonchev–Trinajstić information content (AvgIpc) is 3.12. The molecule has 0 aliphatic carbocycles. The molecule has 1 aromatic heterocycles. The summed E-state index contributed by atoms with van der Waals surface area (Å²) in [5.41, 5.74) is 0. The molecule has 2 aliphatic rings. The Balaban J connectivity index is 1.51. The van der Waals surface area contributed by atoms with Gasteiger partial charge >= 0.3 is 5.88 Å². The minimum absolute atomic E-state index is 0.0728. The highest BCUT2D eigenvalue weighted by atomic mass is 16.8. The van der Waals surface area contributed by atoms with Crippen molar-refractivity contribution in [3.8, 4) is 0 Å². The van der Waals surface area contributed by atoms with Crippen molar-refractivity contribution in [3.05, 3.63) is 6.20 Å². The van der Waals surface area contributed by atoms with Crippen LogP contribution in [-0.2, 0) is 18.9 Å². The van der Waals surface area contributed by atoms with Crippen molar-refractivity contribution in [2.75, 3.05) is 44.5 Å². The number of nitrogens with zero attached hydrogens (tertiary/aromatic N) is 4. The van der Waals surface area contributed by atoms with Crippen molar-refractivity contribution in [2.45, 2.75) is 25.7 Å². The molecule has 1 aromatic rings. The second-order valence-electron chi connectivity index (χ2n) is 5.67. The molecule has 0 bridgehead atoms. The molecule has 2 aliphatic heterocycles. The molecule has 23 heavy (non-hydrogen) atoms. The molecule has 0 aromatic carbocycles. The van der Waals surface area contributed by atoms with Crippen LogP contribution in [0.1, 0.15) is 13.8 Å². The summed E-state index contributed by atoms with van der Waals surface area (Å²) in [6.45, 7) is 6.67. The highest BCUT2D eigenvalue weighted by Crippen LogP contribution is 2.22. The van der Waals surface area contributed by atoms with Gasteiger partial charge in [-0.05, 0) is 13.8 Å². The molecule has 0 saturated carbocycles. The number of hydrogen-bond acceptors (Lipinski definition) is 9. The SMILES string of the molecule is CC1(C)OC[C@H](COC([O-])=Nc2c[n+](N3CCOCC3)no2)O1. The standard InChI is InChI=1S/C13H20N4O6/c1-13(2)21-9-10(22-13)8-20-12(18)14-11-7-17(15-23-11)16-3-5-19-6-4-16/h7,10H,3-6,8-9H2,1-2H3/t10-/m0/s1. The molecular formula is C13H20N4O6. The molecule has 1 atom stereocenters. The molecule has 0 amide bonds. The van der Waals surface area contributed by atoms with Gasteiger partial charge in [0.1, 0.15) is 0 Å². The summed E-state index contributed by atoms with van der Waals surface area (Å²) >= 11 is 0.